The fourth-order valence-corrected chi connectivity index (χ4v) is 4.06. The van der Waals surface area contributed by atoms with E-state index >= 15 is 0 Å². The van der Waals surface area contributed by atoms with Gasteiger partial charge >= 0.3 is 12.1 Å². The predicted molar refractivity (Wildman–Crippen MR) is 121 cm³/mol. The van der Waals surface area contributed by atoms with Gasteiger partial charge in [0.15, 0.2) is 0 Å². The van der Waals surface area contributed by atoms with E-state index in [-0.39, 0.29) is 24.9 Å². The Kier molecular flexibility index (Phi) is 7.51. The standard InChI is InChI=1S/C25H30N2O5/c1-4-21(24(30)26-22(15(2)3)13-23(28)29)27-25(31)32-14-20-18-11-7-5-9-16(18)17-10-6-8-12-19(17)20/h5-12,15,20-22H,4,13-14H2,1-3H3,(H,26,30)(H,27,31)(H,28,29)/t21-,22?/m0/s1. The molecule has 2 aromatic carbocycles. The van der Waals surface area contributed by atoms with Crippen LogP contribution in [0.5, 0.6) is 0 Å². The third kappa shape index (κ3) is 5.28. The van der Waals surface area contributed by atoms with Crippen molar-refractivity contribution >= 4 is 18.0 Å². The molecule has 32 heavy (non-hydrogen) atoms. The van der Waals surface area contributed by atoms with Crippen LogP contribution in [0.2, 0.25) is 0 Å². The van der Waals surface area contributed by atoms with Crippen LogP contribution in [-0.4, -0.2) is 41.8 Å². The highest BCUT2D eigenvalue weighted by Crippen LogP contribution is 2.44. The Hall–Kier alpha value is -3.35. The van der Waals surface area contributed by atoms with Gasteiger partial charge in [0.05, 0.1) is 6.42 Å². The minimum Gasteiger partial charge on any atom is -0.481 e. The number of carboxylic acids is 1. The lowest BCUT2D eigenvalue weighted by Crippen LogP contribution is -2.51. The highest BCUT2D eigenvalue weighted by Gasteiger charge is 2.30. The van der Waals surface area contributed by atoms with E-state index in [1.165, 1.54) is 0 Å². The van der Waals surface area contributed by atoms with Gasteiger partial charge in [0.2, 0.25) is 5.91 Å². The molecular formula is C25H30N2O5. The van der Waals surface area contributed by atoms with E-state index in [1.54, 1.807) is 6.92 Å². The van der Waals surface area contributed by atoms with E-state index in [1.807, 2.05) is 50.2 Å². The van der Waals surface area contributed by atoms with E-state index in [0.717, 1.165) is 22.3 Å². The molecule has 170 valence electrons. The van der Waals surface area contributed by atoms with Gasteiger partial charge in [-0.1, -0.05) is 69.3 Å². The van der Waals surface area contributed by atoms with Gasteiger partial charge in [0.1, 0.15) is 12.6 Å². The van der Waals surface area contributed by atoms with Gasteiger partial charge in [0, 0.05) is 12.0 Å². The largest absolute Gasteiger partial charge is 0.481 e. The van der Waals surface area contributed by atoms with Crippen LogP contribution in [0.1, 0.15) is 50.7 Å². The van der Waals surface area contributed by atoms with Crippen molar-refractivity contribution in [2.24, 2.45) is 5.92 Å². The molecule has 1 unspecified atom stereocenters. The molecule has 2 aromatic rings. The maximum Gasteiger partial charge on any atom is 0.407 e. The van der Waals surface area contributed by atoms with E-state index < -0.39 is 30.1 Å². The molecule has 3 N–H and O–H groups in total. The maximum atomic E-state index is 12.6. The van der Waals surface area contributed by atoms with Gasteiger partial charge in [-0.05, 0) is 34.6 Å². The van der Waals surface area contributed by atoms with Crippen molar-refractivity contribution in [3.8, 4) is 11.1 Å². The molecule has 0 aromatic heterocycles. The number of carbonyl (C=O) groups is 3. The Bertz CT molecular complexity index is 942. The number of carbonyl (C=O) groups excluding carboxylic acids is 2. The summed E-state index contributed by atoms with van der Waals surface area (Å²) in [6, 6.07) is 14.8. The lowest BCUT2D eigenvalue weighted by molar-refractivity contribution is -0.138. The average molecular weight is 439 g/mol. The number of hydrogen-bond acceptors (Lipinski definition) is 4. The van der Waals surface area contributed by atoms with E-state index in [9.17, 15) is 14.4 Å². The molecule has 0 bridgehead atoms. The second-order valence-electron chi connectivity index (χ2n) is 8.39. The summed E-state index contributed by atoms with van der Waals surface area (Å²) < 4.78 is 5.51. The molecule has 0 saturated heterocycles. The summed E-state index contributed by atoms with van der Waals surface area (Å²) in [6.45, 7) is 5.61. The van der Waals surface area contributed by atoms with Gasteiger partial charge in [-0.25, -0.2) is 4.79 Å². The van der Waals surface area contributed by atoms with Crippen LogP contribution >= 0.6 is 0 Å². The zero-order chi connectivity index (χ0) is 23.3. The van der Waals surface area contributed by atoms with Crippen LogP contribution in [0.25, 0.3) is 11.1 Å². The molecule has 0 fully saturated rings. The van der Waals surface area contributed by atoms with Crippen LogP contribution in [0.4, 0.5) is 4.79 Å². The van der Waals surface area contributed by atoms with Crippen LogP contribution in [0, 0.1) is 5.92 Å². The number of hydrogen-bond donors (Lipinski definition) is 3. The van der Waals surface area contributed by atoms with Crippen molar-refractivity contribution in [2.45, 2.75) is 51.6 Å². The first kappa shape index (κ1) is 23.3. The fraction of sp³-hybridized carbons (Fsp3) is 0.400. The van der Waals surface area contributed by atoms with Crippen molar-refractivity contribution in [2.75, 3.05) is 6.61 Å². The third-order valence-corrected chi connectivity index (χ3v) is 5.89. The van der Waals surface area contributed by atoms with Gasteiger partial charge in [-0.2, -0.15) is 0 Å². The van der Waals surface area contributed by atoms with Crippen molar-refractivity contribution < 1.29 is 24.2 Å². The summed E-state index contributed by atoms with van der Waals surface area (Å²) in [7, 11) is 0. The first-order valence-corrected chi connectivity index (χ1v) is 11.0. The van der Waals surface area contributed by atoms with Crippen molar-refractivity contribution in [3.05, 3.63) is 59.7 Å². The molecule has 0 heterocycles. The Balaban J connectivity index is 1.61. The lowest BCUT2D eigenvalue weighted by atomic mass is 9.98. The van der Waals surface area contributed by atoms with E-state index in [4.69, 9.17) is 9.84 Å². The highest BCUT2D eigenvalue weighted by molar-refractivity contribution is 5.86. The number of benzene rings is 2. The van der Waals surface area contributed by atoms with Gasteiger partial charge in [-0.15, -0.1) is 0 Å². The van der Waals surface area contributed by atoms with Crippen molar-refractivity contribution in [3.63, 3.8) is 0 Å². The molecular weight excluding hydrogens is 408 g/mol. The first-order valence-electron chi connectivity index (χ1n) is 11.0. The molecule has 1 aliphatic carbocycles. The molecule has 0 aliphatic heterocycles. The molecule has 7 heteroatoms. The number of amides is 2. The summed E-state index contributed by atoms with van der Waals surface area (Å²) in [5, 5.41) is 14.4. The number of aliphatic carboxylic acids is 1. The number of rotatable bonds is 9. The van der Waals surface area contributed by atoms with Gasteiger partial charge < -0.3 is 20.5 Å². The quantitative estimate of drug-likeness (QED) is 0.550. The summed E-state index contributed by atoms with van der Waals surface area (Å²) in [5.74, 6) is -1.52. The van der Waals surface area contributed by atoms with E-state index in [2.05, 4.69) is 22.8 Å². The smallest absolute Gasteiger partial charge is 0.407 e. The maximum absolute atomic E-state index is 12.6. The summed E-state index contributed by atoms with van der Waals surface area (Å²) in [5.41, 5.74) is 4.50. The Morgan fingerprint density at radius 3 is 2.03 bits per heavy atom. The number of ether oxygens (including phenoxy) is 1. The number of nitrogens with one attached hydrogen (secondary N) is 2. The molecule has 2 atom stereocenters. The van der Waals surface area contributed by atoms with Gasteiger partial charge in [0.25, 0.3) is 0 Å². The van der Waals surface area contributed by atoms with E-state index in [0.29, 0.717) is 6.42 Å². The molecule has 0 saturated carbocycles. The Labute approximate surface area is 188 Å². The number of carboxylic acid groups (broad SMARTS) is 1. The predicted octanol–water partition coefficient (Wildman–Crippen LogP) is 3.92. The molecule has 0 spiro atoms. The topological polar surface area (TPSA) is 105 Å². The first-order chi connectivity index (χ1) is 15.3. The SMILES string of the molecule is CC[C@H](NC(=O)OCC1c2ccccc2-c2ccccc21)C(=O)NC(CC(=O)O)C(C)C. The third-order valence-electron chi connectivity index (χ3n) is 5.89. The zero-order valence-electron chi connectivity index (χ0n) is 18.6. The highest BCUT2D eigenvalue weighted by atomic mass is 16.5. The molecule has 1 aliphatic rings. The van der Waals surface area contributed by atoms with Crippen LogP contribution in [-0.2, 0) is 14.3 Å². The zero-order valence-corrected chi connectivity index (χ0v) is 18.6. The van der Waals surface area contributed by atoms with Crippen molar-refractivity contribution in [1.29, 1.82) is 0 Å². The molecule has 2 amide bonds. The minimum atomic E-state index is -0.985. The number of fused-ring (bicyclic) bond motifs is 3. The van der Waals surface area contributed by atoms with Crippen molar-refractivity contribution in [1.82, 2.24) is 10.6 Å². The second kappa shape index (κ2) is 10.3. The summed E-state index contributed by atoms with van der Waals surface area (Å²) >= 11 is 0. The Morgan fingerprint density at radius 2 is 1.53 bits per heavy atom. The van der Waals surface area contributed by atoms with Gasteiger partial charge in [-0.3, -0.25) is 9.59 Å². The minimum absolute atomic E-state index is 0.0537. The normalized spacial score (nSPS) is 14.2. The second-order valence-corrected chi connectivity index (χ2v) is 8.39. The monoisotopic (exact) mass is 438 g/mol. The molecule has 3 rings (SSSR count). The molecule has 7 nitrogen and oxygen atoms in total. The fourth-order valence-electron chi connectivity index (χ4n) is 4.06. The summed E-state index contributed by atoms with van der Waals surface area (Å²) in [6.07, 6.45) is -0.494. The number of alkyl carbamates (subject to hydrolysis) is 1. The van der Waals surface area contributed by atoms with Crippen LogP contribution in [0.3, 0.4) is 0 Å². The molecule has 0 radical (unpaired) electrons. The van der Waals surface area contributed by atoms with Crippen LogP contribution in [0.15, 0.2) is 48.5 Å². The average Bonchev–Trinajstić information content (AvgIpc) is 3.09. The van der Waals surface area contributed by atoms with Crippen LogP contribution < -0.4 is 10.6 Å². The lowest BCUT2D eigenvalue weighted by Gasteiger charge is -2.24. The Morgan fingerprint density at radius 1 is 0.969 bits per heavy atom. The summed E-state index contributed by atoms with van der Waals surface area (Å²) in [4.78, 5) is 36.2.